The van der Waals surface area contributed by atoms with Crippen LogP contribution in [-0.4, -0.2) is 26.6 Å². The molecule has 0 amide bonds. The molecular formula is C12H28Si3. The van der Waals surface area contributed by atoms with Crippen LogP contribution in [0.25, 0.3) is 0 Å². The smallest absolute Gasteiger partial charge is 0.0131 e. The van der Waals surface area contributed by atoms with Crippen molar-refractivity contribution in [3.63, 3.8) is 0 Å². The van der Waals surface area contributed by atoms with Gasteiger partial charge in [-0.1, -0.05) is 75.3 Å². The maximum atomic E-state index is 1.67. The zero-order valence-corrected chi connectivity index (χ0v) is 15.1. The monoisotopic (exact) mass is 256 g/mol. The van der Waals surface area contributed by atoms with Gasteiger partial charge in [0.25, 0.3) is 0 Å². The highest BCUT2D eigenvalue weighted by molar-refractivity contribution is 7.35. The fourth-order valence-corrected chi connectivity index (χ4v) is 23.1. The van der Waals surface area contributed by atoms with Crippen LogP contribution >= 0.6 is 0 Å². The van der Waals surface area contributed by atoms with E-state index in [-0.39, 0.29) is 7.83 Å². The second-order valence-electron chi connectivity index (χ2n) is 6.12. The SMILES string of the molecule is [SiH3][SiH]([SiH2]C1CCCCC1)C1CCCCC1. The fourth-order valence-electron chi connectivity index (χ4n) is 3.84. The Morgan fingerprint density at radius 2 is 1.33 bits per heavy atom. The van der Waals surface area contributed by atoms with Crippen molar-refractivity contribution in [2.75, 3.05) is 0 Å². The first-order chi connectivity index (χ1) is 7.36. The second kappa shape index (κ2) is 6.40. The highest BCUT2D eigenvalue weighted by Gasteiger charge is 2.25. The predicted octanol–water partition coefficient (Wildman–Crippen LogP) is 1.83. The molecule has 2 fully saturated rings. The lowest BCUT2D eigenvalue weighted by atomic mass is 10.0. The second-order valence-corrected chi connectivity index (χ2v) is 25.3. The molecule has 2 aliphatic rings. The molecule has 0 spiro atoms. The third-order valence-electron chi connectivity index (χ3n) is 4.88. The maximum absolute atomic E-state index is 1.67. The van der Waals surface area contributed by atoms with Gasteiger partial charge < -0.3 is 0 Å². The third-order valence-corrected chi connectivity index (χ3v) is 22.7. The number of hydrogen-bond acceptors (Lipinski definition) is 0. The standard InChI is InChI=1S/C12H28Si3/c13-15(12-9-5-2-6-10-12)14-11-7-3-1-4-8-11/h11-12,15H,1-10,14H2,13H3. The molecule has 1 unspecified atom stereocenters. The van der Waals surface area contributed by atoms with E-state index in [1.165, 1.54) is 11.1 Å². The van der Waals surface area contributed by atoms with E-state index in [1.54, 1.807) is 74.0 Å². The van der Waals surface area contributed by atoms with Crippen LogP contribution in [0.5, 0.6) is 0 Å². The summed E-state index contributed by atoms with van der Waals surface area (Å²) in [5.41, 5.74) is 2.67. The van der Waals surface area contributed by atoms with Crippen LogP contribution < -0.4 is 0 Å². The molecule has 88 valence electrons. The van der Waals surface area contributed by atoms with Crippen LogP contribution in [0, 0.1) is 0 Å². The van der Waals surface area contributed by atoms with Crippen molar-refractivity contribution >= 4 is 26.6 Å². The minimum absolute atomic E-state index is 0.0790. The average Bonchev–Trinajstić information content (AvgIpc) is 2.31. The predicted molar refractivity (Wildman–Crippen MR) is 79.3 cm³/mol. The number of hydrogen-bond donors (Lipinski definition) is 0. The van der Waals surface area contributed by atoms with E-state index < -0.39 is 0 Å². The summed E-state index contributed by atoms with van der Waals surface area (Å²) in [6.07, 6.45) is 16.1. The van der Waals surface area contributed by atoms with E-state index in [2.05, 4.69) is 0 Å². The summed E-state index contributed by atoms with van der Waals surface area (Å²) in [5.74, 6) is 0. The van der Waals surface area contributed by atoms with E-state index in [4.69, 9.17) is 0 Å². The lowest BCUT2D eigenvalue weighted by Crippen LogP contribution is -2.34. The molecule has 15 heavy (non-hydrogen) atoms. The van der Waals surface area contributed by atoms with E-state index in [9.17, 15) is 0 Å². The molecule has 0 N–H and O–H groups in total. The molecule has 1 atom stereocenters. The zero-order valence-electron chi connectivity index (χ0n) is 10.5. The van der Waals surface area contributed by atoms with Gasteiger partial charge in [0, 0.05) is 16.9 Å². The molecular weight excluding hydrogens is 228 g/mol. The van der Waals surface area contributed by atoms with Gasteiger partial charge in [0.1, 0.15) is 0 Å². The molecule has 0 aromatic heterocycles. The summed E-state index contributed by atoms with van der Waals surface area (Å²) < 4.78 is 0. The lowest BCUT2D eigenvalue weighted by Gasteiger charge is -2.30. The first-order valence-electron chi connectivity index (χ1n) is 7.36. The summed E-state index contributed by atoms with van der Waals surface area (Å²) in [6.45, 7) is 0. The molecule has 0 aromatic rings. The highest BCUT2D eigenvalue weighted by atomic mass is 29.5. The van der Waals surface area contributed by atoms with Crippen LogP contribution in [0.15, 0.2) is 0 Å². The van der Waals surface area contributed by atoms with Crippen molar-refractivity contribution in [1.82, 2.24) is 0 Å². The van der Waals surface area contributed by atoms with E-state index in [0.29, 0.717) is 9.04 Å². The quantitative estimate of drug-likeness (QED) is 0.676. The van der Waals surface area contributed by atoms with Crippen molar-refractivity contribution in [3.8, 4) is 0 Å². The van der Waals surface area contributed by atoms with Gasteiger partial charge in [0.2, 0.25) is 0 Å². The minimum Gasteiger partial charge on any atom is -0.0539 e. The largest absolute Gasteiger partial charge is 0.0539 e. The van der Waals surface area contributed by atoms with Crippen molar-refractivity contribution in [2.24, 2.45) is 0 Å². The van der Waals surface area contributed by atoms with E-state index in [1.807, 2.05) is 0 Å². The van der Waals surface area contributed by atoms with Gasteiger partial charge in [-0.25, -0.2) is 0 Å². The maximum Gasteiger partial charge on any atom is 0.0131 e. The van der Waals surface area contributed by atoms with Gasteiger partial charge in [-0.15, -0.1) is 0 Å². The topological polar surface area (TPSA) is 0 Å². The fraction of sp³-hybridized carbons (Fsp3) is 1.00. The van der Waals surface area contributed by atoms with Gasteiger partial charge in [0.05, 0.1) is 0 Å². The molecule has 0 bridgehead atoms. The van der Waals surface area contributed by atoms with Gasteiger partial charge in [0.15, 0.2) is 0 Å². The van der Waals surface area contributed by atoms with Gasteiger partial charge in [-0.3, -0.25) is 0 Å². The first-order valence-corrected chi connectivity index (χ1v) is 16.7. The molecule has 2 aliphatic carbocycles. The first kappa shape index (κ1) is 12.1. The minimum atomic E-state index is -0.0790. The summed E-state index contributed by atoms with van der Waals surface area (Å²) in [6, 6.07) is 0. The Balaban J connectivity index is 1.72. The van der Waals surface area contributed by atoms with Crippen molar-refractivity contribution in [1.29, 1.82) is 0 Å². The Bertz CT molecular complexity index is 172. The molecule has 2 saturated carbocycles. The summed E-state index contributed by atoms with van der Waals surface area (Å²) in [5, 5.41) is 0. The third kappa shape index (κ3) is 3.86. The lowest BCUT2D eigenvalue weighted by molar-refractivity contribution is 0.495. The van der Waals surface area contributed by atoms with Crippen LogP contribution in [0.3, 0.4) is 0 Å². The Kier molecular flexibility index (Phi) is 5.17. The molecule has 0 aliphatic heterocycles. The normalized spacial score (nSPS) is 28.8. The van der Waals surface area contributed by atoms with Crippen LogP contribution in [0.4, 0.5) is 0 Å². The van der Waals surface area contributed by atoms with Crippen LogP contribution in [0.2, 0.25) is 11.1 Å². The Morgan fingerprint density at radius 3 is 1.93 bits per heavy atom. The van der Waals surface area contributed by atoms with Crippen LogP contribution in [-0.2, 0) is 0 Å². The Labute approximate surface area is 102 Å². The van der Waals surface area contributed by atoms with E-state index >= 15 is 0 Å². The zero-order chi connectivity index (χ0) is 10.5. The molecule has 2 rings (SSSR count). The Morgan fingerprint density at radius 1 is 0.800 bits per heavy atom. The summed E-state index contributed by atoms with van der Waals surface area (Å²) >= 11 is 0. The average molecular weight is 257 g/mol. The van der Waals surface area contributed by atoms with Gasteiger partial charge in [-0.05, 0) is 9.76 Å². The van der Waals surface area contributed by atoms with Gasteiger partial charge in [-0.2, -0.15) is 0 Å². The summed E-state index contributed by atoms with van der Waals surface area (Å²) in [7, 11) is 2.03. The number of rotatable bonds is 3. The molecule has 0 heterocycles. The van der Waals surface area contributed by atoms with Gasteiger partial charge >= 0.3 is 0 Å². The molecule has 0 nitrogen and oxygen atoms in total. The molecule has 0 radical (unpaired) electrons. The van der Waals surface area contributed by atoms with Crippen molar-refractivity contribution in [3.05, 3.63) is 0 Å². The van der Waals surface area contributed by atoms with Crippen molar-refractivity contribution < 1.29 is 0 Å². The van der Waals surface area contributed by atoms with Crippen molar-refractivity contribution in [2.45, 2.75) is 75.3 Å². The Hall–Kier alpha value is 0.651. The van der Waals surface area contributed by atoms with Crippen LogP contribution in [0.1, 0.15) is 64.2 Å². The van der Waals surface area contributed by atoms with E-state index in [0.717, 1.165) is 0 Å². The highest BCUT2D eigenvalue weighted by Crippen LogP contribution is 2.33. The summed E-state index contributed by atoms with van der Waals surface area (Å²) in [4.78, 5) is 0. The molecule has 0 saturated heterocycles. The molecule has 0 aromatic carbocycles. The molecule has 3 heteroatoms.